The number of amides is 1. The lowest BCUT2D eigenvalue weighted by molar-refractivity contribution is -0.138. The SMILES string of the molecule is Cc1ccc(C(C)C)c(OCC(=O)NCC(C(=O)O)c2ccccc2)c1. The number of benzene rings is 2. The molecule has 0 spiro atoms. The van der Waals surface area contributed by atoms with Gasteiger partial charge in [0.15, 0.2) is 6.61 Å². The third-order valence-corrected chi connectivity index (χ3v) is 4.15. The fourth-order valence-electron chi connectivity index (χ4n) is 2.69. The molecule has 0 saturated carbocycles. The molecule has 1 atom stereocenters. The molecule has 2 aromatic carbocycles. The first-order valence-corrected chi connectivity index (χ1v) is 8.66. The van der Waals surface area contributed by atoms with Gasteiger partial charge in [-0.25, -0.2) is 0 Å². The largest absolute Gasteiger partial charge is 0.483 e. The van der Waals surface area contributed by atoms with Crippen LogP contribution in [0.15, 0.2) is 48.5 Å². The van der Waals surface area contributed by atoms with Crippen LogP contribution in [0.3, 0.4) is 0 Å². The number of nitrogens with one attached hydrogen (secondary N) is 1. The lowest BCUT2D eigenvalue weighted by atomic mass is 9.99. The summed E-state index contributed by atoms with van der Waals surface area (Å²) in [6, 6.07) is 14.8. The van der Waals surface area contributed by atoms with E-state index in [1.54, 1.807) is 24.3 Å². The van der Waals surface area contributed by atoms with Gasteiger partial charge in [-0.3, -0.25) is 9.59 Å². The predicted molar refractivity (Wildman–Crippen MR) is 101 cm³/mol. The van der Waals surface area contributed by atoms with Crippen molar-refractivity contribution in [3.63, 3.8) is 0 Å². The second-order valence-corrected chi connectivity index (χ2v) is 6.59. The monoisotopic (exact) mass is 355 g/mol. The molecule has 0 saturated heterocycles. The number of rotatable bonds is 8. The van der Waals surface area contributed by atoms with Crippen molar-refractivity contribution in [3.8, 4) is 5.75 Å². The summed E-state index contributed by atoms with van der Waals surface area (Å²) in [5.41, 5.74) is 2.75. The number of hydrogen-bond acceptors (Lipinski definition) is 3. The zero-order valence-electron chi connectivity index (χ0n) is 15.4. The Morgan fingerprint density at radius 2 is 1.81 bits per heavy atom. The van der Waals surface area contributed by atoms with Crippen LogP contribution in [0.2, 0.25) is 0 Å². The fourth-order valence-corrected chi connectivity index (χ4v) is 2.69. The van der Waals surface area contributed by atoms with Crippen LogP contribution in [-0.2, 0) is 9.59 Å². The van der Waals surface area contributed by atoms with Crippen LogP contribution in [0.4, 0.5) is 0 Å². The molecule has 2 N–H and O–H groups in total. The van der Waals surface area contributed by atoms with Crippen molar-refractivity contribution < 1.29 is 19.4 Å². The molecule has 1 amide bonds. The maximum Gasteiger partial charge on any atom is 0.312 e. The molecule has 5 heteroatoms. The van der Waals surface area contributed by atoms with Crippen LogP contribution in [0.1, 0.15) is 42.4 Å². The molecule has 2 aromatic rings. The molecule has 0 fully saturated rings. The van der Waals surface area contributed by atoms with Crippen molar-refractivity contribution in [2.75, 3.05) is 13.2 Å². The molecule has 26 heavy (non-hydrogen) atoms. The molecule has 0 aromatic heterocycles. The van der Waals surface area contributed by atoms with E-state index in [4.69, 9.17) is 4.74 Å². The molecular formula is C21H25NO4. The standard InChI is InChI=1S/C21H25NO4/c1-14(2)17-10-9-15(3)11-19(17)26-13-20(23)22-12-18(21(24)25)16-7-5-4-6-8-16/h4-11,14,18H,12-13H2,1-3H3,(H,22,23)(H,24,25). The molecule has 5 nitrogen and oxygen atoms in total. The van der Waals surface area contributed by atoms with Crippen LogP contribution in [0, 0.1) is 6.92 Å². The Bertz CT molecular complexity index is 756. The lowest BCUT2D eigenvalue weighted by Gasteiger charge is -2.16. The highest BCUT2D eigenvalue weighted by atomic mass is 16.5. The molecule has 0 aliphatic rings. The third-order valence-electron chi connectivity index (χ3n) is 4.15. The van der Waals surface area contributed by atoms with Gasteiger partial charge in [0.05, 0.1) is 5.92 Å². The van der Waals surface area contributed by atoms with E-state index in [9.17, 15) is 14.7 Å². The Morgan fingerprint density at radius 1 is 1.12 bits per heavy atom. The number of carbonyl (C=O) groups excluding carboxylic acids is 1. The highest BCUT2D eigenvalue weighted by Gasteiger charge is 2.20. The summed E-state index contributed by atoms with van der Waals surface area (Å²) >= 11 is 0. The molecule has 138 valence electrons. The highest BCUT2D eigenvalue weighted by Crippen LogP contribution is 2.27. The summed E-state index contributed by atoms with van der Waals surface area (Å²) in [5, 5.41) is 12.0. The summed E-state index contributed by atoms with van der Waals surface area (Å²) in [5.74, 6) is -1.14. The van der Waals surface area contributed by atoms with Crippen molar-refractivity contribution in [2.24, 2.45) is 0 Å². The number of carboxylic acids is 1. The Kier molecular flexibility index (Phi) is 6.78. The number of carboxylic acid groups (broad SMARTS) is 1. The smallest absolute Gasteiger partial charge is 0.312 e. The van der Waals surface area contributed by atoms with Gasteiger partial charge in [-0.2, -0.15) is 0 Å². The summed E-state index contributed by atoms with van der Waals surface area (Å²) in [4.78, 5) is 23.6. The Labute approximate surface area is 154 Å². The van der Waals surface area contributed by atoms with Crippen molar-refractivity contribution in [3.05, 3.63) is 65.2 Å². The number of carbonyl (C=O) groups is 2. The highest BCUT2D eigenvalue weighted by molar-refractivity contribution is 5.80. The topological polar surface area (TPSA) is 75.6 Å². The first-order chi connectivity index (χ1) is 12.4. The summed E-state index contributed by atoms with van der Waals surface area (Å²) in [7, 11) is 0. The maximum absolute atomic E-state index is 12.1. The van der Waals surface area contributed by atoms with E-state index >= 15 is 0 Å². The van der Waals surface area contributed by atoms with E-state index < -0.39 is 11.9 Å². The predicted octanol–water partition coefficient (Wildman–Crippen LogP) is 3.48. The summed E-state index contributed by atoms with van der Waals surface area (Å²) in [6.45, 7) is 5.97. The Morgan fingerprint density at radius 3 is 2.42 bits per heavy atom. The van der Waals surface area contributed by atoms with Gasteiger partial charge in [0.1, 0.15) is 5.75 Å². The molecule has 0 radical (unpaired) electrons. The molecule has 0 heterocycles. The van der Waals surface area contributed by atoms with E-state index in [0.29, 0.717) is 11.3 Å². The van der Waals surface area contributed by atoms with Gasteiger partial charge >= 0.3 is 5.97 Å². The average molecular weight is 355 g/mol. The van der Waals surface area contributed by atoms with Crippen LogP contribution in [0.5, 0.6) is 5.75 Å². The summed E-state index contributed by atoms with van der Waals surface area (Å²) in [6.07, 6.45) is 0. The Hall–Kier alpha value is -2.82. The second kappa shape index (κ2) is 9.04. The van der Waals surface area contributed by atoms with Gasteiger partial charge in [-0.1, -0.05) is 56.3 Å². The van der Waals surface area contributed by atoms with E-state index in [1.165, 1.54) is 0 Å². The van der Waals surface area contributed by atoms with Crippen molar-refractivity contribution >= 4 is 11.9 Å². The maximum atomic E-state index is 12.1. The van der Waals surface area contributed by atoms with Gasteiger partial charge in [-0.15, -0.1) is 0 Å². The third kappa shape index (κ3) is 5.34. The van der Waals surface area contributed by atoms with E-state index in [-0.39, 0.29) is 25.0 Å². The van der Waals surface area contributed by atoms with E-state index in [2.05, 4.69) is 19.2 Å². The first-order valence-electron chi connectivity index (χ1n) is 8.66. The normalized spacial score (nSPS) is 11.8. The van der Waals surface area contributed by atoms with Crippen LogP contribution in [-0.4, -0.2) is 30.1 Å². The van der Waals surface area contributed by atoms with Crippen LogP contribution in [0.25, 0.3) is 0 Å². The van der Waals surface area contributed by atoms with Gasteiger partial charge in [0.2, 0.25) is 0 Å². The lowest BCUT2D eigenvalue weighted by Crippen LogP contribution is -2.34. The molecule has 2 rings (SSSR count). The molecular weight excluding hydrogens is 330 g/mol. The molecule has 0 aliphatic heterocycles. The first kappa shape index (κ1) is 19.5. The van der Waals surface area contributed by atoms with Crippen molar-refractivity contribution in [1.29, 1.82) is 0 Å². The minimum Gasteiger partial charge on any atom is -0.483 e. The fraction of sp³-hybridized carbons (Fsp3) is 0.333. The Balaban J connectivity index is 1.95. The second-order valence-electron chi connectivity index (χ2n) is 6.59. The number of aryl methyl sites for hydroxylation is 1. The van der Waals surface area contributed by atoms with Crippen molar-refractivity contribution in [1.82, 2.24) is 5.32 Å². The van der Waals surface area contributed by atoms with E-state index in [0.717, 1.165) is 11.1 Å². The van der Waals surface area contributed by atoms with Gasteiger partial charge in [-0.05, 0) is 35.6 Å². The quantitative estimate of drug-likeness (QED) is 0.760. The zero-order valence-corrected chi connectivity index (χ0v) is 15.4. The van der Waals surface area contributed by atoms with E-state index in [1.807, 2.05) is 31.2 Å². The van der Waals surface area contributed by atoms with Gasteiger partial charge in [0.25, 0.3) is 5.91 Å². The zero-order chi connectivity index (χ0) is 19.1. The minimum atomic E-state index is -0.974. The van der Waals surface area contributed by atoms with Crippen molar-refractivity contribution in [2.45, 2.75) is 32.6 Å². The number of hydrogen-bond donors (Lipinski definition) is 2. The minimum absolute atomic E-state index is 0.0202. The van der Waals surface area contributed by atoms with Gasteiger partial charge in [0, 0.05) is 6.54 Å². The van der Waals surface area contributed by atoms with Crippen LogP contribution < -0.4 is 10.1 Å². The number of aliphatic carboxylic acids is 1. The van der Waals surface area contributed by atoms with Crippen LogP contribution >= 0.6 is 0 Å². The average Bonchev–Trinajstić information content (AvgIpc) is 2.60. The summed E-state index contributed by atoms with van der Waals surface area (Å²) < 4.78 is 5.68. The molecule has 1 unspecified atom stereocenters. The number of ether oxygens (including phenoxy) is 1. The van der Waals surface area contributed by atoms with Gasteiger partial charge < -0.3 is 15.2 Å². The molecule has 0 aliphatic carbocycles. The molecule has 0 bridgehead atoms.